The van der Waals surface area contributed by atoms with Crippen LogP contribution >= 0.6 is 0 Å². The molecule has 0 unspecified atom stereocenters. The van der Waals surface area contributed by atoms with Gasteiger partial charge in [-0.15, -0.1) is 0 Å². The minimum Gasteiger partial charge on any atom is -0.449 e. The highest BCUT2D eigenvalue weighted by atomic mass is 16.6. The molecule has 0 fully saturated rings. The third-order valence-corrected chi connectivity index (χ3v) is 12.0. The summed E-state index contributed by atoms with van der Waals surface area (Å²) in [5, 5.41) is 0. The highest BCUT2D eigenvalue weighted by Crippen LogP contribution is 2.60. The molecule has 3 aliphatic rings. The van der Waals surface area contributed by atoms with E-state index in [1.54, 1.807) is 0 Å². The van der Waals surface area contributed by atoms with Crippen molar-refractivity contribution in [1.82, 2.24) is 15.0 Å². The van der Waals surface area contributed by atoms with E-state index < -0.39 is 0 Å². The van der Waals surface area contributed by atoms with Crippen molar-refractivity contribution in [3.05, 3.63) is 174 Å². The quantitative estimate of drug-likeness (QED) is 0.181. The second kappa shape index (κ2) is 11.8. The fourth-order valence-corrected chi connectivity index (χ4v) is 9.16. The van der Waals surface area contributed by atoms with Gasteiger partial charge in [-0.3, -0.25) is 0 Å². The second-order valence-corrected chi connectivity index (χ2v) is 16.0. The van der Waals surface area contributed by atoms with Crippen LogP contribution in [0.15, 0.2) is 152 Å². The predicted octanol–water partition coefficient (Wildman–Crippen LogP) is 13.1. The molecule has 8 aromatic rings. The third-order valence-electron chi connectivity index (χ3n) is 12.0. The summed E-state index contributed by atoms with van der Waals surface area (Å²) in [4.78, 5) is 15.5. The number of aromatic nitrogens is 3. The fraction of sp³-hybridized carbons (Fsp3) is 0.118. The van der Waals surface area contributed by atoms with E-state index in [1.807, 2.05) is 60.7 Å². The molecule has 5 nitrogen and oxygen atoms in total. The minimum atomic E-state index is -0.165. The normalized spacial score (nSPS) is 14.6. The average Bonchev–Trinajstić information content (AvgIpc) is 3.62. The lowest BCUT2D eigenvalue weighted by atomic mass is 9.82. The molecule has 0 amide bonds. The molecule has 0 atom stereocenters. The number of rotatable bonds is 4. The Morgan fingerprint density at radius 2 is 0.929 bits per heavy atom. The van der Waals surface area contributed by atoms with E-state index in [4.69, 9.17) is 24.4 Å². The molecule has 2 heterocycles. The van der Waals surface area contributed by atoms with E-state index in [0.717, 1.165) is 39.1 Å². The zero-order valence-electron chi connectivity index (χ0n) is 31.6. The molecule has 0 saturated heterocycles. The SMILES string of the molecule is CC1(C)c2ccccc2-c2ccc(-c3nc(-c4ccccc4)nc(-c4ccccc4-c4cccc5c4Oc4c(ccc6c4-c4ccccc4C6(C)C)O5)n3)cc21. The van der Waals surface area contributed by atoms with Crippen LogP contribution in [0.25, 0.3) is 67.5 Å². The van der Waals surface area contributed by atoms with Crippen LogP contribution in [0.4, 0.5) is 0 Å². The van der Waals surface area contributed by atoms with Gasteiger partial charge in [0.1, 0.15) is 0 Å². The standard InChI is InChI=1S/C51H37N3O2/c1-50(2)39-23-13-11-20-37(39)44-40(50)27-28-43-46(44)56-45-35(21-14-24-42(45)55-43)32-17-8-9-19-36(32)49-53-47(30-15-6-5-7-16-30)52-48(54-49)31-25-26-34-33-18-10-12-22-38(33)51(3,4)41(34)29-31/h5-29H,1-4H3. The van der Waals surface area contributed by atoms with Gasteiger partial charge in [0.15, 0.2) is 40.5 Å². The van der Waals surface area contributed by atoms with Crippen molar-refractivity contribution in [2.75, 3.05) is 0 Å². The maximum absolute atomic E-state index is 7.04. The average molecular weight is 724 g/mol. The van der Waals surface area contributed by atoms with Gasteiger partial charge in [0.05, 0.1) is 0 Å². The summed E-state index contributed by atoms with van der Waals surface area (Å²) < 4.78 is 13.7. The summed E-state index contributed by atoms with van der Waals surface area (Å²) in [6.45, 7) is 9.15. The van der Waals surface area contributed by atoms with E-state index in [-0.39, 0.29) is 10.8 Å². The lowest BCUT2D eigenvalue weighted by Crippen LogP contribution is -2.15. The first-order valence-electron chi connectivity index (χ1n) is 19.2. The summed E-state index contributed by atoms with van der Waals surface area (Å²) in [6, 6.07) is 52.7. The molecule has 0 radical (unpaired) electrons. The summed E-state index contributed by atoms with van der Waals surface area (Å²) >= 11 is 0. The Morgan fingerprint density at radius 1 is 0.357 bits per heavy atom. The zero-order chi connectivity index (χ0) is 37.8. The molecule has 0 saturated carbocycles. The molecule has 56 heavy (non-hydrogen) atoms. The monoisotopic (exact) mass is 723 g/mol. The first-order valence-corrected chi connectivity index (χ1v) is 19.2. The largest absolute Gasteiger partial charge is 0.449 e. The lowest BCUT2D eigenvalue weighted by Gasteiger charge is -2.26. The van der Waals surface area contributed by atoms with Crippen molar-refractivity contribution < 1.29 is 9.47 Å². The Bertz CT molecular complexity index is 2930. The van der Waals surface area contributed by atoms with Crippen molar-refractivity contribution in [2.45, 2.75) is 38.5 Å². The van der Waals surface area contributed by atoms with Crippen LogP contribution in [0.5, 0.6) is 23.0 Å². The molecule has 1 aliphatic heterocycles. The van der Waals surface area contributed by atoms with E-state index in [9.17, 15) is 0 Å². The summed E-state index contributed by atoms with van der Waals surface area (Å²) in [5.74, 6) is 4.61. The van der Waals surface area contributed by atoms with Crippen molar-refractivity contribution in [3.8, 4) is 90.5 Å². The minimum absolute atomic E-state index is 0.155. The summed E-state index contributed by atoms with van der Waals surface area (Å²) in [5.41, 5.74) is 14.2. The highest BCUT2D eigenvalue weighted by Gasteiger charge is 2.40. The van der Waals surface area contributed by atoms with Crippen molar-refractivity contribution in [2.24, 2.45) is 0 Å². The van der Waals surface area contributed by atoms with Crippen LogP contribution in [-0.2, 0) is 10.8 Å². The van der Waals surface area contributed by atoms with Gasteiger partial charge in [0.2, 0.25) is 0 Å². The number of nitrogens with zero attached hydrogens (tertiary/aromatic N) is 3. The molecule has 2 aliphatic carbocycles. The highest BCUT2D eigenvalue weighted by molar-refractivity contribution is 5.91. The van der Waals surface area contributed by atoms with E-state index in [2.05, 4.69) is 119 Å². The van der Waals surface area contributed by atoms with Crippen LogP contribution in [0.1, 0.15) is 49.9 Å². The molecule has 1 aromatic heterocycles. The molecule has 0 N–H and O–H groups in total. The van der Waals surface area contributed by atoms with Crippen molar-refractivity contribution in [1.29, 1.82) is 0 Å². The van der Waals surface area contributed by atoms with Gasteiger partial charge in [-0.2, -0.15) is 0 Å². The van der Waals surface area contributed by atoms with Crippen molar-refractivity contribution in [3.63, 3.8) is 0 Å². The van der Waals surface area contributed by atoms with Gasteiger partial charge in [-0.05, 0) is 62.7 Å². The smallest absolute Gasteiger partial charge is 0.178 e. The maximum Gasteiger partial charge on any atom is 0.178 e. The summed E-state index contributed by atoms with van der Waals surface area (Å²) in [7, 11) is 0. The number of benzene rings is 7. The molecule has 0 bridgehead atoms. The number of fused-ring (bicyclic) bond motifs is 9. The van der Waals surface area contributed by atoms with Crippen LogP contribution in [0.2, 0.25) is 0 Å². The number of hydrogen-bond donors (Lipinski definition) is 0. The van der Waals surface area contributed by atoms with Gasteiger partial charge in [0.25, 0.3) is 0 Å². The van der Waals surface area contributed by atoms with Gasteiger partial charge < -0.3 is 9.47 Å². The fourth-order valence-electron chi connectivity index (χ4n) is 9.16. The van der Waals surface area contributed by atoms with E-state index >= 15 is 0 Å². The molecule has 7 aromatic carbocycles. The lowest BCUT2D eigenvalue weighted by molar-refractivity contribution is 0.361. The van der Waals surface area contributed by atoms with Crippen LogP contribution in [0, 0.1) is 0 Å². The van der Waals surface area contributed by atoms with E-state index in [1.165, 1.54) is 38.9 Å². The van der Waals surface area contributed by atoms with Gasteiger partial charge in [0, 0.05) is 38.6 Å². The Morgan fingerprint density at radius 3 is 1.71 bits per heavy atom. The predicted molar refractivity (Wildman–Crippen MR) is 223 cm³/mol. The first kappa shape index (κ1) is 32.6. The molecular formula is C51H37N3O2. The number of hydrogen-bond acceptors (Lipinski definition) is 5. The Kier molecular flexibility index (Phi) is 6.88. The zero-order valence-corrected chi connectivity index (χ0v) is 31.6. The Hall–Kier alpha value is -6.85. The van der Waals surface area contributed by atoms with Crippen molar-refractivity contribution >= 4 is 0 Å². The van der Waals surface area contributed by atoms with Gasteiger partial charge in [-0.1, -0.05) is 161 Å². The topological polar surface area (TPSA) is 57.1 Å². The molecule has 5 heteroatoms. The first-order chi connectivity index (χ1) is 27.3. The van der Waals surface area contributed by atoms with Crippen LogP contribution in [-0.4, -0.2) is 15.0 Å². The molecule has 268 valence electrons. The third kappa shape index (κ3) is 4.70. The molecule has 11 rings (SSSR count). The Balaban J connectivity index is 1.07. The maximum atomic E-state index is 7.04. The summed E-state index contributed by atoms with van der Waals surface area (Å²) in [6.07, 6.45) is 0. The molecule has 0 spiro atoms. The second-order valence-electron chi connectivity index (χ2n) is 16.0. The number of ether oxygens (including phenoxy) is 2. The number of para-hydroxylation sites is 1. The molecular weight excluding hydrogens is 687 g/mol. The van der Waals surface area contributed by atoms with Crippen LogP contribution in [0.3, 0.4) is 0 Å². The van der Waals surface area contributed by atoms with Gasteiger partial charge in [-0.25, -0.2) is 15.0 Å². The van der Waals surface area contributed by atoms with Crippen LogP contribution < -0.4 is 9.47 Å². The van der Waals surface area contributed by atoms with E-state index in [0.29, 0.717) is 34.7 Å². The van der Waals surface area contributed by atoms with Gasteiger partial charge >= 0.3 is 0 Å². The Labute approximate surface area is 326 Å².